The molecule has 4 aliphatic heterocycles. The fourth-order valence-corrected chi connectivity index (χ4v) is 7.67. The van der Waals surface area contributed by atoms with Crippen molar-refractivity contribution >= 4 is 28.4 Å². The Morgan fingerprint density at radius 2 is 1.59 bits per heavy atom. The zero-order chi connectivity index (χ0) is 25.1. The Morgan fingerprint density at radius 1 is 0.865 bits per heavy atom. The van der Waals surface area contributed by atoms with E-state index in [0.717, 1.165) is 36.2 Å². The summed E-state index contributed by atoms with van der Waals surface area (Å²) < 4.78 is 1.70. The summed E-state index contributed by atoms with van der Waals surface area (Å²) in [5, 5.41) is 0.543. The summed E-state index contributed by atoms with van der Waals surface area (Å²) >= 11 is 0. The minimum Gasteiger partial charge on any atom is -0.283 e. The quantitative estimate of drug-likeness (QED) is 0.383. The van der Waals surface area contributed by atoms with Crippen LogP contribution in [0.5, 0.6) is 0 Å². The number of nitrogens with zero attached hydrogens (tertiary/aromatic N) is 4. The Morgan fingerprint density at radius 3 is 2.43 bits per heavy atom. The Bertz CT molecular complexity index is 1740. The maximum absolute atomic E-state index is 14.5. The predicted molar refractivity (Wildman–Crippen MR) is 138 cm³/mol. The van der Waals surface area contributed by atoms with Gasteiger partial charge in [0.25, 0.3) is 5.56 Å². The second-order valence-corrected chi connectivity index (χ2v) is 10.6. The summed E-state index contributed by atoms with van der Waals surface area (Å²) in [6, 6.07) is 22.6. The first-order valence-corrected chi connectivity index (χ1v) is 12.9. The van der Waals surface area contributed by atoms with Crippen LogP contribution in [-0.2, 0) is 15.1 Å². The average molecular weight is 489 g/mol. The van der Waals surface area contributed by atoms with E-state index in [1.807, 2.05) is 73.7 Å². The SMILES string of the molecule is Cc1ccccc1N1C(=O)[C@H]2[C@@H](C1=O)[C@]1(c3ccccc3-n3c1nc1ccccc1c3=O)N1CCC[C@@H]21. The minimum absolute atomic E-state index is 0.0848. The number of para-hydroxylation sites is 3. The molecule has 4 aromatic rings. The van der Waals surface area contributed by atoms with E-state index in [-0.39, 0.29) is 23.4 Å². The largest absolute Gasteiger partial charge is 0.283 e. The van der Waals surface area contributed by atoms with Crippen molar-refractivity contribution in [3.63, 3.8) is 0 Å². The van der Waals surface area contributed by atoms with Crippen LogP contribution >= 0.6 is 0 Å². The Balaban J connectivity index is 1.46. The van der Waals surface area contributed by atoms with Crippen molar-refractivity contribution in [3.05, 3.63) is 100 Å². The smallest absolute Gasteiger partial charge is 0.266 e. The van der Waals surface area contributed by atoms with E-state index in [9.17, 15) is 14.4 Å². The number of aromatic nitrogens is 2. The molecule has 0 bridgehead atoms. The molecule has 3 saturated heterocycles. The van der Waals surface area contributed by atoms with Crippen molar-refractivity contribution in [3.8, 4) is 5.69 Å². The van der Waals surface area contributed by atoms with Crippen LogP contribution in [0, 0.1) is 18.8 Å². The van der Waals surface area contributed by atoms with Crippen LogP contribution < -0.4 is 10.5 Å². The van der Waals surface area contributed by atoms with E-state index in [0.29, 0.717) is 22.4 Å². The maximum Gasteiger partial charge on any atom is 0.266 e. The van der Waals surface area contributed by atoms with Crippen LogP contribution in [0.3, 0.4) is 0 Å². The van der Waals surface area contributed by atoms with Crippen molar-refractivity contribution in [2.24, 2.45) is 11.8 Å². The van der Waals surface area contributed by atoms with Crippen LogP contribution in [0.4, 0.5) is 5.69 Å². The molecule has 1 spiro atoms. The van der Waals surface area contributed by atoms with Gasteiger partial charge in [0.1, 0.15) is 11.4 Å². The van der Waals surface area contributed by atoms with Crippen molar-refractivity contribution in [2.45, 2.75) is 31.3 Å². The van der Waals surface area contributed by atoms with Gasteiger partial charge in [0, 0.05) is 11.6 Å². The molecule has 182 valence electrons. The molecule has 7 nitrogen and oxygen atoms in total. The summed E-state index contributed by atoms with van der Waals surface area (Å²) in [6.45, 7) is 2.68. The molecule has 2 amide bonds. The third-order valence-corrected chi connectivity index (χ3v) is 9.00. The fraction of sp³-hybridized carbons (Fsp3) is 0.267. The number of hydrogen-bond acceptors (Lipinski definition) is 5. The summed E-state index contributed by atoms with van der Waals surface area (Å²) in [5.74, 6) is -0.934. The molecule has 5 heterocycles. The number of hydrogen-bond donors (Lipinski definition) is 0. The van der Waals surface area contributed by atoms with Crippen LogP contribution in [0.15, 0.2) is 77.6 Å². The lowest BCUT2D eigenvalue weighted by molar-refractivity contribution is -0.124. The van der Waals surface area contributed by atoms with Gasteiger partial charge in [-0.05, 0) is 56.1 Å². The fourth-order valence-electron chi connectivity index (χ4n) is 7.67. The van der Waals surface area contributed by atoms with Gasteiger partial charge in [-0.3, -0.25) is 23.9 Å². The maximum atomic E-state index is 14.5. The Labute approximate surface area is 213 Å². The first kappa shape index (κ1) is 21.0. The number of aryl methyl sites for hydroxylation is 1. The topological polar surface area (TPSA) is 75.5 Å². The van der Waals surface area contributed by atoms with E-state index in [1.165, 1.54) is 4.90 Å². The minimum atomic E-state index is -0.976. The van der Waals surface area contributed by atoms with Crippen molar-refractivity contribution in [1.82, 2.24) is 14.5 Å². The van der Waals surface area contributed by atoms with E-state index < -0.39 is 17.4 Å². The number of carbonyl (C=O) groups is 2. The first-order chi connectivity index (χ1) is 18.0. The molecule has 3 fully saturated rings. The third kappa shape index (κ3) is 2.32. The number of fused-ring (bicyclic) bond motifs is 11. The van der Waals surface area contributed by atoms with Gasteiger partial charge < -0.3 is 0 Å². The van der Waals surface area contributed by atoms with Gasteiger partial charge >= 0.3 is 0 Å². The van der Waals surface area contributed by atoms with Gasteiger partial charge in [-0.2, -0.15) is 0 Å². The molecule has 0 N–H and O–H groups in total. The standard InChI is InChI=1S/C30H24N4O3/c1-17-9-2-6-13-21(17)33-27(36)24-23-15-8-16-32(23)30(25(24)28(33)37)19-11-4-7-14-22(19)34-26(35)18-10-3-5-12-20(18)31-29(30)34/h2-7,9-14,23-25H,8,15-16H2,1H3/t23-,24+,25-,30-/m0/s1. The molecular weight excluding hydrogens is 464 g/mol. The molecule has 0 aliphatic carbocycles. The van der Waals surface area contributed by atoms with Gasteiger partial charge in [0.15, 0.2) is 0 Å². The molecule has 8 rings (SSSR count). The highest BCUT2D eigenvalue weighted by atomic mass is 16.2. The lowest BCUT2D eigenvalue weighted by atomic mass is 9.75. The van der Waals surface area contributed by atoms with E-state index in [1.54, 1.807) is 10.6 Å². The highest BCUT2D eigenvalue weighted by Gasteiger charge is 2.73. The number of carbonyl (C=O) groups excluding carboxylic acids is 2. The summed E-state index contributed by atoms with van der Waals surface area (Å²) in [6.07, 6.45) is 1.77. The zero-order valence-corrected chi connectivity index (χ0v) is 20.3. The molecule has 0 saturated carbocycles. The second-order valence-electron chi connectivity index (χ2n) is 10.6. The van der Waals surface area contributed by atoms with Crippen LogP contribution in [0.25, 0.3) is 16.6 Å². The third-order valence-electron chi connectivity index (χ3n) is 9.00. The van der Waals surface area contributed by atoms with Crippen molar-refractivity contribution in [1.29, 1.82) is 0 Å². The van der Waals surface area contributed by atoms with Gasteiger partial charge in [-0.15, -0.1) is 0 Å². The average Bonchev–Trinajstić information content (AvgIpc) is 3.62. The highest BCUT2D eigenvalue weighted by molar-refractivity contribution is 6.23. The lowest BCUT2D eigenvalue weighted by Crippen LogP contribution is -2.51. The number of benzene rings is 3. The predicted octanol–water partition coefficient (Wildman–Crippen LogP) is 3.53. The van der Waals surface area contributed by atoms with Crippen LogP contribution in [0.1, 0.15) is 29.8 Å². The van der Waals surface area contributed by atoms with Gasteiger partial charge in [-0.25, -0.2) is 9.88 Å². The number of anilines is 1. The molecule has 0 unspecified atom stereocenters. The molecule has 3 aromatic carbocycles. The summed E-state index contributed by atoms with van der Waals surface area (Å²) in [4.78, 5) is 51.4. The Kier molecular flexibility index (Phi) is 3.99. The van der Waals surface area contributed by atoms with Gasteiger partial charge in [0.05, 0.1) is 34.1 Å². The van der Waals surface area contributed by atoms with Crippen LogP contribution in [-0.4, -0.2) is 38.9 Å². The molecular formula is C30H24N4O3. The summed E-state index contributed by atoms with van der Waals surface area (Å²) in [7, 11) is 0. The highest BCUT2D eigenvalue weighted by Crippen LogP contribution is 2.62. The molecule has 7 heteroatoms. The van der Waals surface area contributed by atoms with E-state index in [4.69, 9.17) is 4.98 Å². The molecule has 4 atom stereocenters. The number of amides is 2. The molecule has 4 aliphatic rings. The normalized spacial score (nSPS) is 27.7. The van der Waals surface area contributed by atoms with Crippen molar-refractivity contribution < 1.29 is 9.59 Å². The number of rotatable bonds is 1. The molecule has 0 radical (unpaired) electrons. The van der Waals surface area contributed by atoms with E-state index >= 15 is 0 Å². The first-order valence-electron chi connectivity index (χ1n) is 12.9. The molecule has 1 aromatic heterocycles. The summed E-state index contributed by atoms with van der Waals surface area (Å²) in [5.41, 5.74) is 2.66. The van der Waals surface area contributed by atoms with Crippen molar-refractivity contribution in [2.75, 3.05) is 11.4 Å². The zero-order valence-electron chi connectivity index (χ0n) is 20.3. The van der Waals surface area contributed by atoms with Crippen LogP contribution in [0.2, 0.25) is 0 Å². The monoisotopic (exact) mass is 488 g/mol. The van der Waals surface area contributed by atoms with E-state index in [2.05, 4.69) is 4.90 Å². The van der Waals surface area contributed by atoms with Gasteiger partial charge in [-0.1, -0.05) is 48.5 Å². The lowest BCUT2D eigenvalue weighted by Gasteiger charge is -2.38. The Hall–Kier alpha value is -4.10. The molecule has 37 heavy (non-hydrogen) atoms. The number of imide groups is 1. The van der Waals surface area contributed by atoms with Gasteiger partial charge in [0.2, 0.25) is 11.8 Å². The second kappa shape index (κ2) is 7.01.